The predicted octanol–water partition coefficient (Wildman–Crippen LogP) is 3.41. The van der Waals surface area contributed by atoms with Crippen LogP contribution in [0.2, 0.25) is 0 Å². The van der Waals surface area contributed by atoms with Crippen molar-refractivity contribution >= 4 is 38.5 Å². The highest BCUT2D eigenvalue weighted by molar-refractivity contribution is 9.10. The van der Waals surface area contributed by atoms with Gasteiger partial charge in [-0.1, -0.05) is 40.2 Å². The number of aromatic amines is 1. The van der Waals surface area contributed by atoms with E-state index in [-0.39, 0.29) is 37.4 Å². The molecule has 0 radical (unpaired) electrons. The van der Waals surface area contributed by atoms with E-state index in [0.29, 0.717) is 24.8 Å². The van der Waals surface area contributed by atoms with Crippen molar-refractivity contribution in [1.29, 1.82) is 0 Å². The Labute approximate surface area is 187 Å². The third kappa shape index (κ3) is 5.10. The lowest BCUT2D eigenvalue weighted by molar-refractivity contribution is -0.132. The van der Waals surface area contributed by atoms with Gasteiger partial charge >= 0.3 is 0 Å². The van der Waals surface area contributed by atoms with Gasteiger partial charge in [-0.15, -0.1) is 0 Å². The Balaban J connectivity index is 1.37. The van der Waals surface area contributed by atoms with Gasteiger partial charge in [0.25, 0.3) is 5.91 Å². The molecule has 0 bridgehead atoms. The van der Waals surface area contributed by atoms with Crippen LogP contribution in [0.1, 0.15) is 35.3 Å². The van der Waals surface area contributed by atoms with Crippen molar-refractivity contribution < 1.29 is 14.0 Å². The number of benzene rings is 2. The number of fused-ring (bicyclic) bond motifs is 1. The lowest BCUT2D eigenvalue weighted by atomic mass is 10.0. The Bertz CT molecular complexity index is 1070. The van der Waals surface area contributed by atoms with E-state index < -0.39 is 6.17 Å². The minimum atomic E-state index is -1.08. The summed E-state index contributed by atoms with van der Waals surface area (Å²) in [5.41, 5.74) is 1.34. The number of H-pyrrole nitrogens is 1. The van der Waals surface area contributed by atoms with E-state index in [1.165, 1.54) is 0 Å². The molecule has 2 heterocycles. The van der Waals surface area contributed by atoms with Crippen LogP contribution in [-0.2, 0) is 11.2 Å². The molecule has 4 rings (SSSR count). The summed E-state index contributed by atoms with van der Waals surface area (Å²) in [6.07, 6.45) is 2.33. The fourth-order valence-corrected chi connectivity index (χ4v) is 4.51. The molecule has 1 saturated heterocycles. The number of carbonyl (C=O) groups is 2. The average molecular weight is 488 g/mol. The molecule has 2 amide bonds. The number of likely N-dealkylation sites (tertiary alicyclic amines) is 1. The molecule has 1 aromatic heterocycles. The zero-order valence-electron chi connectivity index (χ0n) is 16.9. The number of amides is 2. The first-order valence-electron chi connectivity index (χ1n) is 10.3. The number of halogens is 2. The van der Waals surface area contributed by atoms with E-state index in [9.17, 15) is 14.0 Å². The normalized spacial score (nSPS) is 18.5. The summed E-state index contributed by atoms with van der Waals surface area (Å²) >= 11 is 3.45. The van der Waals surface area contributed by atoms with Crippen LogP contribution in [0.25, 0.3) is 10.8 Å². The second-order valence-electron chi connectivity index (χ2n) is 7.73. The van der Waals surface area contributed by atoms with Crippen LogP contribution in [0, 0.1) is 0 Å². The van der Waals surface area contributed by atoms with Crippen molar-refractivity contribution in [2.24, 2.45) is 0 Å². The van der Waals surface area contributed by atoms with E-state index in [1.54, 1.807) is 17.2 Å². The van der Waals surface area contributed by atoms with Gasteiger partial charge in [0, 0.05) is 29.4 Å². The standard InChI is InChI=1S/C22H23BrFN5O2/c23-15-8-14-4-1-2-6-19(14)20(9-15)22(31)25-12-18-10-16(24)13-29(18)21(30)7-3-5-17-11-26-28-27-17/h1-2,4,6,8-9,11,16,18H,3,5,7,10,12-13H2,(H,25,31)(H,26,27,28)/t16-,18-/m0/s1. The molecule has 2 atom stereocenters. The third-order valence-electron chi connectivity index (χ3n) is 5.54. The first-order chi connectivity index (χ1) is 15.0. The maximum Gasteiger partial charge on any atom is 0.252 e. The van der Waals surface area contributed by atoms with Crippen LogP contribution < -0.4 is 5.32 Å². The van der Waals surface area contributed by atoms with Crippen LogP contribution in [0.4, 0.5) is 4.39 Å². The Kier molecular flexibility index (Phi) is 6.60. The number of rotatable bonds is 7. The molecule has 0 saturated carbocycles. The largest absolute Gasteiger partial charge is 0.350 e. The van der Waals surface area contributed by atoms with Crippen LogP contribution in [0.5, 0.6) is 0 Å². The fraction of sp³-hybridized carbons (Fsp3) is 0.364. The maximum absolute atomic E-state index is 14.1. The lowest BCUT2D eigenvalue weighted by Crippen LogP contribution is -2.43. The average Bonchev–Trinajstić information content (AvgIpc) is 3.40. The number of hydrogen-bond donors (Lipinski definition) is 2. The van der Waals surface area contributed by atoms with Crippen LogP contribution >= 0.6 is 15.9 Å². The molecule has 2 aromatic carbocycles. The number of alkyl halides is 1. The van der Waals surface area contributed by atoms with Gasteiger partial charge in [-0.3, -0.25) is 9.59 Å². The van der Waals surface area contributed by atoms with E-state index in [0.717, 1.165) is 20.9 Å². The first kappa shape index (κ1) is 21.4. The molecule has 1 fully saturated rings. The molecule has 3 aromatic rings. The van der Waals surface area contributed by atoms with Gasteiger partial charge in [0.15, 0.2) is 0 Å². The van der Waals surface area contributed by atoms with Gasteiger partial charge < -0.3 is 10.2 Å². The Morgan fingerprint density at radius 1 is 1.29 bits per heavy atom. The minimum Gasteiger partial charge on any atom is -0.350 e. The van der Waals surface area contributed by atoms with E-state index in [1.807, 2.05) is 30.3 Å². The molecule has 2 N–H and O–H groups in total. The van der Waals surface area contributed by atoms with Gasteiger partial charge in [-0.05, 0) is 35.7 Å². The second-order valence-corrected chi connectivity index (χ2v) is 8.65. The van der Waals surface area contributed by atoms with Crippen LogP contribution in [-0.4, -0.2) is 57.4 Å². The molecule has 0 unspecified atom stereocenters. The quantitative estimate of drug-likeness (QED) is 0.534. The summed E-state index contributed by atoms with van der Waals surface area (Å²) in [4.78, 5) is 27.1. The number of aryl methyl sites for hydroxylation is 1. The molecule has 9 heteroatoms. The smallest absolute Gasteiger partial charge is 0.252 e. The summed E-state index contributed by atoms with van der Waals surface area (Å²) in [5.74, 6) is -0.339. The van der Waals surface area contributed by atoms with Crippen molar-refractivity contribution in [3.63, 3.8) is 0 Å². The molecule has 1 aliphatic rings. The van der Waals surface area contributed by atoms with Crippen molar-refractivity contribution in [1.82, 2.24) is 25.6 Å². The summed E-state index contributed by atoms with van der Waals surface area (Å²) in [5, 5.41) is 15.0. The SMILES string of the molecule is O=C(NC[C@@H]1C[C@H](F)CN1C(=O)CCCc1cn[nH]n1)c1cc(Br)cc2ccccc12. The van der Waals surface area contributed by atoms with Crippen molar-refractivity contribution in [2.75, 3.05) is 13.1 Å². The Hall–Kier alpha value is -2.81. The van der Waals surface area contributed by atoms with Gasteiger partial charge in [-0.25, -0.2) is 4.39 Å². The molecular formula is C22H23BrFN5O2. The monoisotopic (exact) mass is 487 g/mol. The molecule has 1 aliphatic heterocycles. The Morgan fingerprint density at radius 3 is 2.94 bits per heavy atom. The number of hydrogen-bond acceptors (Lipinski definition) is 4. The summed E-state index contributed by atoms with van der Waals surface area (Å²) < 4.78 is 14.9. The van der Waals surface area contributed by atoms with Crippen molar-refractivity contribution in [3.8, 4) is 0 Å². The molecule has 0 aliphatic carbocycles. The van der Waals surface area contributed by atoms with E-state index in [4.69, 9.17) is 0 Å². The van der Waals surface area contributed by atoms with E-state index in [2.05, 4.69) is 36.7 Å². The van der Waals surface area contributed by atoms with Gasteiger partial charge in [0.2, 0.25) is 5.91 Å². The number of carbonyl (C=O) groups excluding carboxylic acids is 2. The third-order valence-corrected chi connectivity index (χ3v) is 6.00. The summed E-state index contributed by atoms with van der Waals surface area (Å²) in [6, 6.07) is 11.0. The van der Waals surface area contributed by atoms with Crippen LogP contribution in [0.15, 0.2) is 47.1 Å². The van der Waals surface area contributed by atoms with E-state index >= 15 is 0 Å². The molecule has 162 valence electrons. The van der Waals surface area contributed by atoms with Crippen LogP contribution in [0.3, 0.4) is 0 Å². The zero-order chi connectivity index (χ0) is 21.8. The number of nitrogens with zero attached hydrogens (tertiary/aromatic N) is 3. The highest BCUT2D eigenvalue weighted by Crippen LogP contribution is 2.25. The second kappa shape index (κ2) is 9.55. The zero-order valence-corrected chi connectivity index (χ0v) is 18.4. The summed E-state index contributed by atoms with van der Waals surface area (Å²) in [6.45, 7) is 0.290. The predicted molar refractivity (Wildman–Crippen MR) is 118 cm³/mol. The first-order valence-corrected chi connectivity index (χ1v) is 11.0. The minimum absolute atomic E-state index is 0.0726. The number of aromatic nitrogens is 3. The van der Waals surface area contributed by atoms with Crippen molar-refractivity contribution in [2.45, 2.75) is 37.9 Å². The fourth-order valence-electron chi connectivity index (χ4n) is 4.04. The highest BCUT2D eigenvalue weighted by atomic mass is 79.9. The van der Waals surface area contributed by atoms with Gasteiger partial charge in [0.1, 0.15) is 6.17 Å². The number of nitrogens with one attached hydrogen (secondary N) is 2. The molecule has 0 spiro atoms. The maximum atomic E-state index is 14.1. The Morgan fingerprint density at radius 2 is 2.13 bits per heavy atom. The van der Waals surface area contributed by atoms with Crippen molar-refractivity contribution in [3.05, 3.63) is 58.3 Å². The van der Waals surface area contributed by atoms with Gasteiger partial charge in [-0.2, -0.15) is 15.4 Å². The van der Waals surface area contributed by atoms with Gasteiger partial charge in [0.05, 0.1) is 24.5 Å². The molecular weight excluding hydrogens is 465 g/mol. The molecule has 7 nitrogen and oxygen atoms in total. The highest BCUT2D eigenvalue weighted by Gasteiger charge is 2.35. The lowest BCUT2D eigenvalue weighted by Gasteiger charge is -2.24. The summed E-state index contributed by atoms with van der Waals surface area (Å²) in [7, 11) is 0. The molecule has 31 heavy (non-hydrogen) atoms. The topological polar surface area (TPSA) is 91.0 Å².